The van der Waals surface area contributed by atoms with Crippen LogP contribution in [0.2, 0.25) is 0 Å². The summed E-state index contributed by atoms with van der Waals surface area (Å²) in [4.78, 5) is 11.0. The number of rotatable bonds is 13. The average molecular weight is 328 g/mol. The zero-order chi connectivity index (χ0) is 17.7. The summed E-state index contributed by atoms with van der Waals surface area (Å²) < 4.78 is 4.80. The van der Waals surface area contributed by atoms with Crippen LogP contribution >= 0.6 is 0 Å². The summed E-state index contributed by atoms with van der Waals surface area (Å²) in [6.07, 6.45) is 30.7. The third-order valence-corrected chi connectivity index (χ3v) is 2.97. The number of esters is 1. The number of carbonyl (C=O) groups is 1. The summed E-state index contributed by atoms with van der Waals surface area (Å²) in [6.45, 7) is 4.37. The predicted molar refractivity (Wildman–Crippen MR) is 105 cm³/mol. The van der Waals surface area contributed by atoms with E-state index in [1.165, 1.54) is 6.08 Å². The molecule has 0 aromatic rings. The predicted octanol–water partition coefficient (Wildman–Crippen LogP) is 6.25. The lowest BCUT2D eigenvalue weighted by molar-refractivity contribution is -0.137. The Morgan fingerprint density at radius 3 is 1.38 bits per heavy atom. The molecule has 0 bridgehead atoms. The highest BCUT2D eigenvalue weighted by Crippen LogP contribution is 1.96. The maximum absolute atomic E-state index is 11.0. The molecule has 0 unspecified atom stereocenters. The molecular formula is C22H32O2. The Bertz CT molecular complexity index is 462. The molecule has 0 aliphatic carbocycles. The van der Waals surface area contributed by atoms with Crippen LogP contribution in [0.4, 0.5) is 0 Å². The van der Waals surface area contributed by atoms with Gasteiger partial charge in [-0.15, -0.1) is 0 Å². The Morgan fingerprint density at radius 2 is 1.00 bits per heavy atom. The van der Waals surface area contributed by atoms with Gasteiger partial charge in [-0.1, -0.05) is 73.8 Å². The molecule has 0 heterocycles. The SMILES string of the molecule is CC/C=C\C/C=C\C/C=C\C/C=C\C/C=C\C/C=C/C(=O)OCC. The van der Waals surface area contributed by atoms with Gasteiger partial charge in [-0.2, -0.15) is 0 Å². The van der Waals surface area contributed by atoms with E-state index >= 15 is 0 Å². The van der Waals surface area contributed by atoms with Crippen LogP contribution in [0.3, 0.4) is 0 Å². The Kier molecular flexibility index (Phi) is 17.3. The molecule has 24 heavy (non-hydrogen) atoms. The highest BCUT2D eigenvalue weighted by Gasteiger charge is 1.90. The zero-order valence-electron chi connectivity index (χ0n) is 15.2. The van der Waals surface area contributed by atoms with Crippen LogP contribution in [-0.2, 0) is 9.53 Å². The minimum absolute atomic E-state index is 0.273. The molecule has 132 valence electrons. The summed E-state index contributed by atoms with van der Waals surface area (Å²) in [5.41, 5.74) is 0. The van der Waals surface area contributed by atoms with Crippen molar-refractivity contribution in [2.75, 3.05) is 6.61 Å². The van der Waals surface area contributed by atoms with Gasteiger partial charge in [-0.05, 0) is 45.4 Å². The first-order chi connectivity index (χ1) is 11.8. The molecule has 0 amide bonds. The normalized spacial score (nSPS) is 12.9. The molecule has 0 radical (unpaired) electrons. The summed E-state index contributed by atoms with van der Waals surface area (Å²) in [7, 11) is 0. The van der Waals surface area contributed by atoms with Crippen LogP contribution in [0.5, 0.6) is 0 Å². The lowest BCUT2D eigenvalue weighted by atomic mass is 10.2. The van der Waals surface area contributed by atoms with Crippen molar-refractivity contribution in [1.29, 1.82) is 0 Å². The molecule has 0 rings (SSSR count). The van der Waals surface area contributed by atoms with Crippen LogP contribution in [0.1, 0.15) is 52.4 Å². The molecular weight excluding hydrogens is 296 g/mol. The van der Waals surface area contributed by atoms with Gasteiger partial charge in [0.05, 0.1) is 6.61 Å². The summed E-state index contributed by atoms with van der Waals surface area (Å²) in [5.74, 6) is -0.273. The molecule has 2 heteroatoms. The lowest BCUT2D eigenvalue weighted by Gasteiger charge is -1.93. The second-order valence-electron chi connectivity index (χ2n) is 5.10. The van der Waals surface area contributed by atoms with Crippen molar-refractivity contribution in [3.63, 3.8) is 0 Å². The molecule has 0 atom stereocenters. The Hall–Kier alpha value is -2.09. The van der Waals surface area contributed by atoms with Gasteiger partial charge in [0.25, 0.3) is 0 Å². The largest absolute Gasteiger partial charge is 0.463 e. The van der Waals surface area contributed by atoms with E-state index in [4.69, 9.17) is 4.74 Å². The first-order valence-corrected chi connectivity index (χ1v) is 8.89. The molecule has 2 nitrogen and oxygen atoms in total. The Balaban J connectivity index is 3.58. The van der Waals surface area contributed by atoms with Crippen molar-refractivity contribution in [3.05, 3.63) is 72.9 Å². The minimum atomic E-state index is -0.273. The highest BCUT2D eigenvalue weighted by atomic mass is 16.5. The summed E-state index contributed by atoms with van der Waals surface area (Å²) in [6, 6.07) is 0. The molecule has 0 saturated carbocycles. The highest BCUT2D eigenvalue weighted by molar-refractivity contribution is 5.81. The molecule has 0 aliphatic heterocycles. The fraction of sp³-hybridized carbons (Fsp3) is 0.409. The van der Waals surface area contributed by atoms with Gasteiger partial charge in [-0.25, -0.2) is 4.79 Å². The molecule has 0 saturated heterocycles. The van der Waals surface area contributed by atoms with E-state index in [1.54, 1.807) is 6.92 Å². The van der Waals surface area contributed by atoms with Crippen molar-refractivity contribution in [2.45, 2.75) is 52.4 Å². The van der Waals surface area contributed by atoms with Crippen LogP contribution in [0, 0.1) is 0 Å². The number of hydrogen-bond acceptors (Lipinski definition) is 2. The van der Waals surface area contributed by atoms with Gasteiger partial charge in [-0.3, -0.25) is 0 Å². The van der Waals surface area contributed by atoms with E-state index in [0.29, 0.717) is 6.61 Å². The first kappa shape index (κ1) is 21.9. The molecule has 0 aromatic carbocycles. The quantitative estimate of drug-likeness (QED) is 0.227. The topological polar surface area (TPSA) is 26.3 Å². The molecule has 0 spiro atoms. The fourth-order valence-corrected chi connectivity index (χ4v) is 1.78. The van der Waals surface area contributed by atoms with E-state index in [2.05, 4.69) is 61.6 Å². The van der Waals surface area contributed by atoms with E-state index in [0.717, 1.165) is 38.5 Å². The lowest BCUT2D eigenvalue weighted by Crippen LogP contribution is -1.98. The van der Waals surface area contributed by atoms with E-state index < -0.39 is 0 Å². The van der Waals surface area contributed by atoms with Crippen molar-refractivity contribution >= 4 is 5.97 Å². The summed E-state index contributed by atoms with van der Waals surface area (Å²) >= 11 is 0. The van der Waals surface area contributed by atoms with Crippen LogP contribution < -0.4 is 0 Å². The fourth-order valence-electron chi connectivity index (χ4n) is 1.78. The average Bonchev–Trinajstić information content (AvgIpc) is 2.58. The van der Waals surface area contributed by atoms with E-state index in [-0.39, 0.29) is 5.97 Å². The third-order valence-electron chi connectivity index (χ3n) is 2.97. The van der Waals surface area contributed by atoms with E-state index in [1.807, 2.05) is 12.2 Å². The summed E-state index contributed by atoms with van der Waals surface area (Å²) in [5, 5.41) is 0. The molecule has 0 N–H and O–H groups in total. The third kappa shape index (κ3) is 18.0. The first-order valence-electron chi connectivity index (χ1n) is 8.89. The van der Waals surface area contributed by atoms with Crippen molar-refractivity contribution in [3.8, 4) is 0 Å². The van der Waals surface area contributed by atoms with E-state index in [9.17, 15) is 4.79 Å². The van der Waals surface area contributed by atoms with Gasteiger partial charge >= 0.3 is 5.97 Å². The van der Waals surface area contributed by atoms with Crippen molar-refractivity contribution in [2.24, 2.45) is 0 Å². The van der Waals surface area contributed by atoms with Gasteiger partial charge < -0.3 is 4.74 Å². The number of ether oxygens (including phenoxy) is 1. The number of allylic oxidation sites excluding steroid dienone is 11. The standard InChI is InChI=1S/C22H32O2/c1-3-5-6-7-8-9-10-11-12-13-14-15-16-17-18-19-20-21-22(23)24-4-2/h5-6,8-9,11-12,14-15,17-18,20-21H,3-4,7,10,13,16,19H2,1-2H3/b6-5-,9-8-,12-11-,15-14-,18-17-,21-20+. The van der Waals surface area contributed by atoms with Gasteiger partial charge in [0.2, 0.25) is 0 Å². The molecule has 0 aliphatic rings. The number of carbonyl (C=O) groups excluding carboxylic acids is 1. The van der Waals surface area contributed by atoms with Gasteiger partial charge in [0.1, 0.15) is 0 Å². The van der Waals surface area contributed by atoms with Gasteiger partial charge in [0.15, 0.2) is 0 Å². The molecule has 0 fully saturated rings. The monoisotopic (exact) mass is 328 g/mol. The Morgan fingerprint density at radius 1 is 0.625 bits per heavy atom. The smallest absolute Gasteiger partial charge is 0.330 e. The van der Waals surface area contributed by atoms with Crippen LogP contribution in [-0.4, -0.2) is 12.6 Å². The van der Waals surface area contributed by atoms with Gasteiger partial charge in [0, 0.05) is 6.08 Å². The second-order valence-corrected chi connectivity index (χ2v) is 5.10. The van der Waals surface area contributed by atoms with Crippen molar-refractivity contribution in [1.82, 2.24) is 0 Å². The van der Waals surface area contributed by atoms with Crippen molar-refractivity contribution < 1.29 is 9.53 Å². The van der Waals surface area contributed by atoms with Crippen LogP contribution in [0.25, 0.3) is 0 Å². The zero-order valence-corrected chi connectivity index (χ0v) is 15.2. The maximum atomic E-state index is 11.0. The van der Waals surface area contributed by atoms with Crippen LogP contribution in [0.15, 0.2) is 72.9 Å². The maximum Gasteiger partial charge on any atom is 0.330 e. The molecule has 0 aromatic heterocycles. The number of hydrogen-bond donors (Lipinski definition) is 0. The second kappa shape index (κ2) is 19.0. The minimum Gasteiger partial charge on any atom is -0.463 e. The Labute approximate surface area is 148 Å².